The predicted molar refractivity (Wildman–Crippen MR) is 111 cm³/mol. The van der Waals surface area contributed by atoms with Crippen LogP contribution in [-0.4, -0.2) is 18.7 Å². The summed E-state index contributed by atoms with van der Waals surface area (Å²) in [5.41, 5.74) is -2.35. The number of rotatable bonds is 3. The molecule has 166 valence electrons. The van der Waals surface area contributed by atoms with E-state index in [1.807, 2.05) is 0 Å². The number of hydrogen-bond acceptors (Lipinski definition) is 3. The molecule has 0 aliphatic carbocycles. The number of aryl methyl sites for hydroxylation is 1. The van der Waals surface area contributed by atoms with E-state index in [-0.39, 0.29) is 39.7 Å². The van der Waals surface area contributed by atoms with E-state index in [4.69, 9.17) is 11.6 Å². The van der Waals surface area contributed by atoms with Crippen LogP contribution in [0.5, 0.6) is 0 Å². The number of imidazole rings is 1. The molecule has 0 unspecified atom stereocenters. The van der Waals surface area contributed by atoms with Gasteiger partial charge in [0.15, 0.2) is 11.2 Å². The van der Waals surface area contributed by atoms with Gasteiger partial charge >= 0.3 is 11.9 Å². The van der Waals surface area contributed by atoms with Crippen LogP contribution in [0, 0.1) is 5.82 Å². The Kier molecular flexibility index (Phi) is 5.20. The van der Waals surface area contributed by atoms with E-state index in [1.54, 1.807) is 0 Å². The molecule has 32 heavy (non-hydrogen) atoms. The van der Waals surface area contributed by atoms with Crippen molar-refractivity contribution in [3.05, 3.63) is 85.3 Å². The Labute approximate surface area is 182 Å². The van der Waals surface area contributed by atoms with E-state index in [2.05, 4.69) is 4.98 Å². The van der Waals surface area contributed by atoms with Crippen LogP contribution < -0.4 is 11.2 Å². The fraction of sp³-hybridized carbons (Fsp3) is 0.190. The van der Waals surface area contributed by atoms with Crippen LogP contribution in [0.3, 0.4) is 0 Å². The second kappa shape index (κ2) is 7.63. The molecule has 2 aromatic heterocycles. The maximum atomic E-state index is 14.5. The molecule has 4 rings (SSSR count). The first-order chi connectivity index (χ1) is 15.0. The summed E-state index contributed by atoms with van der Waals surface area (Å²) < 4.78 is 57.6. The highest BCUT2D eigenvalue weighted by Crippen LogP contribution is 2.33. The minimum absolute atomic E-state index is 0.0256. The molecule has 0 saturated heterocycles. The quantitative estimate of drug-likeness (QED) is 0.429. The molecule has 0 amide bonds. The summed E-state index contributed by atoms with van der Waals surface area (Å²) in [6.07, 6.45) is -4.61. The van der Waals surface area contributed by atoms with Gasteiger partial charge < -0.3 is 4.57 Å². The summed E-state index contributed by atoms with van der Waals surface area (Å²) in [5.74, 6) is -0.695. The average Bonchev–Trinajstić information content (AvgIpc) is 3.12. The maximum absolute atomic E-state index is 14.5. The number of benzene rings is 2. The van der Waals surface area contributed by atoms with Gasteiger partial charge in [-0.3, -0.25) is 13.9 Å². The molecular weight excluding hydrogens is 452 g/mol. The standard InChI is InChI=1S/C21H15ClF4N4O2/c1-28-18-16(19(31)29(2)20(28)32)30(10-13-14(22)7-4-8-15(13)23)17(27-18)11-5-3-6-12(9-11)21(24,25)26/h3-9H,10H2,1-2H3. The molecule has 6 nitrogen and oxygen atoms in total. The highest BCUT2D eigenvalue weighted by atomic mass is 35.5. The van der Waals surface area contributed by atoms with Crippen molar-refractivity contribution in [2.75, 3.05) is 0 Å². The summed E-state index contributed by atoms with van der Waals surface area (Å²) in [6, 6.07) is 8.41. The zero-order valence-electron chi connectivity index (χ0n) is 16.7. The SMILES string of the molecule is Cn1c(=O)c2c(nc(-c3cccc(C(F)(F)F)c3)n2Cc2c(F)cccc2Cl)n(C)c1=O. The van der Waals surface area contributed by atoms with Crippen LogP contribution in [0.25, 0.3) is 22.6 Å². The highest BCUT2D eigenvalue weighted by molar-refractivity contribution is 6.31. The third-order valence-corrected chi connectivity index (χ3v) is 5.53. The molecule has 0 spiro atoms. The number of fused-ring (bicyclic) bond motifs is 1. The van der Waals surface area contributed by atoms with Crippen LogP contribution in [0.1, 0.15) is 11.1 Å². The predicted octanol–water partition coefficient (Wildman–Crippen LogP) is 3.96. The monoisotopic (exact) mass is 466 g/mol. The zero-order valence-corrected chi connectivity index (χ0v) is 17.5. The van der Waals surface area contributed by atoms with Gasteiger partial charge in [-0.05, 0) is 24.3 Å². The molecule has 2 aromatic carbocycles. The number of hydrogen-bond donors (Lipinski definition) is 0. The van der Waals surface area contributed by atoms with E-state index in [0.717, 1.165) is 21.3 Å². The van der Waals surface area contributed by atoms with Crippen molar-refractivity contribution in [2.45, 2.75) is 12.7 Å². The van der Waals surface area contributed by atoms with Crippen molar-refractivity contribution >= 4 is 22.8 Å². The van der Waals surface area contributed by atoms with Crippen LogP contribution >= 0.6 is 11.6 Å². The zero-order chi connectivity index (χ0) is 23.4. The normalized spacial score (nSPS) is 12.0. The van der Waals surface area contributed by atoms with E-state index in [0.29, 0.717) is 0 Å². The molecule has 2 heterocycles. The molecule has 0 aliphatic rings. The number of nitrogens with zero attached hydrogens (tertiary/aromatic N) is 4. The lowest BCUT2D eigenvalue weighted by molar-refractivity contribution is -0.137. The molecule has 4 aromatic rings. The minimum atomic E-state index is -4.61. The summed E-state index contributed by atoms with van der Waals surface area (Å²) in [6.45, 7) is -0.291. The van der Waals surface area contributed by atoms with Gasteiger partial charge in [0.1, 0.15) is 11.6 Å². The Morgan fingerprint density at radius 3 is 2.38 bits per heavy atom. The van der Waals surface area contributed by atoms with Crippen molar-refractivity contribution in [1.29, 1.82) is 0 Å². The minimum Gasteiger partial charge on any atom is -0.313 e. The number of alkyl halides is 3. The van der Waals surface area contributed by atoms with E-state index in [1.165, 1.54) is 49.0 Å². The third-order valence-electron chi connectivity index (χ3n) is 5.17. The summed E-state index contributed by atoms with van der Waals surface area (Å²) >= 11 is 6.15. The lowest BCUT2D eigenvalue weighted by Crippen LogP contribution is -2.37. The van der Waals surface area contributed by atoms with E-state index >= 15 is 0 Å². The summed E-state index contributed by atoms with van der Waals surface area (Å²) in [4.78, 5) is 29.6. The molecule has 0 bridgehead atoms. The second-order valence-corrected chi connectivity index (χ2v) is 7.59. The van der Waals surface area contributed by atoms with Gasteiger partial charge in [0, 0.05) is 30.2 Å². The summed E-state index contributed by atoms with van der Waals surface area (Å²) in [5, 5.41) is 0.0727. The maximum Gasteiger partial charge on any atom is 0.416 e. The first-order valence-electron chi connectivity index (χ1n) is 9.27. The average molecular weight is 467 g/mol. The topological polar surface area (TPSA) is 61.8 Å². The summed E-state index contributed by atoms with van der Waals surface area (Å²) in [7, 11) is 2.65. The smallest absolute Gasteiger partial charge is 0.313 e. The van der Waals surface area contributed by atoms with Gasteiger partial charge in [0.25, 0.3) is 5.56 Å². The number of aromatic nitrogens is 4. The molecule has 0 saturated carbocycles. The lowest BCUT2D eigenvalue weighted by Gasteiger charge is -2.13. The second-order valence-electron chi connectivity index (χ2n) is 7.18. The highest BCUT2D eigenvalue weighted by Gasteiger charge is 2.31. The van der Waals surface area contributed by atoms with Crippen LogP contribution in [-0.2, 0) is 26.8 Å². The largest absolute Gasteiger partial charge is 0.416 e. The van der Waals surface area contributed by atoms with E-state index < -0.39 is 28.8 Å². The van der Waals surface area contributed by atoms with Gasteiger partial charge in [0.05, 0.1) is 12.1 Å². The van der Waals surface area contributed by atoms with Gasteiger partial charge in [-0.15, -0.1) is 0 Å². The Hall–Kier alpha value is -3.40. The van der Waals surface area contributed by atoms with Crippen LogP contribution in [0.2, 0.25) is 5.02 Å². The van der Waals surface area contributed by atoms with Crippen molar-refractivity contribution in [3.8, 4) is 11.4 Å². The van der Waals surface area contributed by atoms with Crippen LogP contribution in [0.4, 0.5) is 17.6 Å². The molecule has 11 heteroatoms. The number of halogens is 5. The van der Waals surface area contributed by atoms with Crippen molar-refractivity contribution < 1.29 is 17.6 Å². The Bertz CT molecular complexity index is 1460. The molecule has 0 N–H and O–H groups in total. The van der Waals surface area contributed by atoms with Gasteiger partial charge in [-0.1, -0.05) is 29.8 Å². The van der Waals surface area contributed by atoms with Crippen molar-refractivity contribution in [3.63, 3.8) is 0 Å². The first-order valence-corrected chi connectivity index (χ1v) is 9.65. The molecule has 0 atom stereocenters. The third kappa shape index (κ3) is 3.50. The van der Waals surface area contributed by atoms with Crippen molar-refractivity contribution in [2.24, 2.45) is 14.1 Å². The van der Waals surface area contributed by atoms with E-state index in [9.17, 15) is 27.2 Å². The molecule has 0 aliphatic heterocycles. The molecule has 0 fully saturated rings. The van der Waals surface area contributed by atoms with Gasteiger partial charge in [0.2, 0.25) is 0 Å². The Balaban J connectivity index is 2.09. The fourth-order valence-electron chi connectivity index (χ4n) is 3.50. The lowest BCUT2D eigenvalue weighted by atomic mass is 10.1. The Morgan fingerprint density at radius 1 is 1.03 bits per heavy atom. The Morgan fingerprint density at radius 2 is 1.72 bits per heavy atom. The molecule has 0 radical (unpaired) electrons. The fourth-order valence-corrected chi connectivity index (χ4v) is 3.72. The van der Waals surface area contributed by atoms with Gasteiger partial charge in [-0.2, -0.15) is 13.2 Å². The van der Waals surface area contributed by atoms with Crippen LogP contribution in [0.15, 0.2) is 52.1 Å². The van der Waals surface area contributed by atoms with Gasteiger partial charge in [-0.25, -0.2) is 14.2 Å². The molecular formula is C21H15ClF4N4O2. The first kappa shape index (κ1) is 21.8. The van der Waals surface area contributed by atoms with Crippen molar-refractivity contribution in [1.82, 2.24) is 18.7 Å².